The number of aromatic nitrogens is 1. The molecular weight excluding hydrogens is 413 g/mol. The van der Waals surface area contributed by atoms with Crippen LogP contribution < -0.4 is 15.2 Å². The molecule has 0 amide bonds. The Kier molecular flexibility index (Phi) is 7.48. The molecule has 0 spiro atoms. The van der Waals surface area contributed by atoms with Crippen molar-refractivity contribution in [2.75, 3.05) is 20.7 Å². The highest BCUT2D eigenvalue weighted by atomic mass is 19.4. The van der Waals surface area contributed by atoms with Crippen LogP contribution in [0.2, 0.25) is 0 Å². The molecule has 168 valence electrons. The first-order chi connectivity index (χ1) is 14.5. The molecule has 1 heterocycles. The number of nitrogens with two attached hydrogens (primary N) is 1. The number of hydrogen-bond donors (Lipinski definition) is 1. The second-order valence-corrected chi connectivity index (χ2v) is 7.06. The van der Waals surface area contributed by atoms with Crippen LogP contribution in [0.15, 0.2) is 47.6 Å². The number of nitrogens with zero attached hydrogens (tertiary/aromatic N) is 3. The average Bonchev–Trinajstić information content (AvgIpc) is 2.69. The van der Waals surface area contributed by atoms with Gasteiger partial charge in [-0.1, -0.05) is 18.2 Å². The van der Waals surface area contributed by atoms with E-state index in [-0.39, 0.29) is 5.96 Å². The van der Waals surface area contributed by atoms with Gasteiger partial charge in [0.2, 0.25) is 5.88 Å². The lowest BCUT2D eigenvalue weighted by Crippen LogP contribution is -2.38. The summed E-state index contributed by atoms with van der Waals surface area (Å²) in [6.07, 6.45) is -2.72. The van der Waals surface area contributed by atoms with Crippen LogP contribution in [0, 0.1) is 0 Å². The largest absolute Gasteiger partial charge is 0.573 e. The number of carbonyl (C=O) groups excluding carboxylic acids is 1. The van der Waals surface area contributed by atoms with E-state index >= 15 is 0 Å². The summed E-state index contributed by atoms with van der Waals surface area (Å²) in [6.45, 7) is 3.86. The molecule has 2 atom stereocenters. The van der Waals surface area contributed by atoms with Gasteiger partial charge in [-0.2, -0.15) is 0 Å². The van der Waals surface area contributed by atoms with Crippen molar-refractivity contribution in [1.82, 2.24) is 9.88 Å². The maximum Gasteiger partial charge on any atom is 0.573 e. The zero-order valence-corrected chi connectivity index (χ0v) is 17.7. The lowest BCUT2D eigenvalue weighted by atomic mass is 9.77. The van der Waals surface area contributed by atoms with Gasteiger partial charge in [-0.25, -0.2) is 9.98 Å². The van der Waals surface area contributed by atoms with Crippen molar-refractivity contribution in [3.63, 3.8) is 0 Å². The summed E-state index contributed by atoms with van der Waals surface area (Å²) in [4.78, 5) is 22.4. The number of aliphatic imine (C=N–C) groups is 1. The Morgan fingerprint density at radius 2 is 2.00 bits per heavy atom. The van der Waals surface area contributed by atoms with Crippen LogP contribution in [0.1, 0.15) is 30.9 Å². The molecule has 0 saturated carbocycles. The maximum atomic E-state index is 12.7. The highest BCUT2D eigenvalue weighted by Gasteiger charge is 2.39. The van der Waals surface area contributed by atoms with Crippen LogP contribution in [-0.4, -0.2) is 49.2 Å². The second-order valence-electron chi connectivity index (χ2n) is 7.06. The summed E-state index contributed by atoms with van der Waals surface area (Å²) in [5, 5.41) is 0. The molecule has 0 saturated heterocycles. The highest BCUT2D eigenvalue weighted by Crippen LogP contribution is 2.41. The summed E-state index contributed by atoms with van der Waals surface area (Å²) >= 11 is 0. The predicted molar refractivity (Wildman–Crippen MR) is 110 cm³/mol. The van der Waals surface area contributed by atoms with Gasteiger partial charge >= 0.3 is 6.36 Å². The van der Waals surface area contributed by atoms with Crippen LogP contribution >= 0.6 is 0 Å². The number of guanidine groups is 1. The Labute approximate surface area is 178 Å². The first kappa shape index (κ1) is 24.0. The molecule has 0 bridgehead atoms. The molecule has 1 aromatic carbocycles. The molecule has 0 aliphatic carbocycles. The van der Waals surface area contributed by atoms with E-state index in [1.165, 1.54) is 29.3 Å². The van der Waals surface area contributed by atoms with Gasteiger partial charge in [0.05, 0.1) is 12.5 Å². The second kappa shape index (κ2) is 9.67. The monoisotopic (exact) mass is 438 g/mol. The van der Waals surface area contributed by atoms with Gasteiger partial charge in [0, 0.05) is 26.4 Å². The highest BCUT2D eigenvalue weighted by molar-refractivity contribution is 5.79. The number of benzene rings is 1. The Morgan fingerprint density at radius 3 is 2.52 bits per heavy atom. The van der Waals surface area contributed by atoms with E-state index in [1.807, 2.05) is 6.92 Å². The number of halogens is 3. The first-order valence-electron chi connectivity index (χ1n) is 9.43. The van der Waals surface area contributed by atoms with Crippen molar-refractivity contribution >= 4 is 12.2 Å². The molecule has 2 unspecified atom stereocenters. The molecule has 2 rings (SSSR count). The summed E-state index contributed by atoms with van der Waals surface area (Å²) in [5.74, 6) is -0.857. The van der Waals surface area contributed by atoms with Crippen LogP contribution in [0.3, 0.4) is 0 Å². The minimum Gasteiger partial charge on any atom is -0.478 e. The fourth-order valence-corrected chi connectivity index (χ4v) is 3.00. The predicted octanol–water partition coefficient (Wildman–Crippen LogP) is 3.45. The number of pyridine rings is 1. The molecule has 0 radical (unpaired) electrons. The van der Waals surface area contributed by atoms with Crippen molar-refractivity contribution in [3.05, 3.63) is 53.7 Å². The van der Waals surface area contributed by atoms with E-state index in [1.54, 1.807) is 39.2 Å². The van der Waals surface area contributed by atoms with Crippen LogP contribution in [0.25, 0.3) is 0 Å². The molecule has 1 aromatic heterocycles. The summed E-state index contributed by atoms with van der Waals surface area (Å²) in [6, 6.07) is 8.59. The van der Waals surface area contributed by atoms with Crippen LogP contribution in [0.4, 0.5) is 13.2 Å². The van der Waals surface area contributed by atoms with Gasteiger partial charge in [0.1, 0.15) is 17.6 Å². The SMILES string of the molecule is CCOc1ccc(C(C=O)C(C)(N=C(N)N(C)C)c2cccc(OC(F)(F)F)c2)cn1. The third kappa shape index (κ3) is 6.09. The third-order valence-electron chi connectivity index (χ3n) is 4.61. The average molecular weight is 438 g/mol. The molecule has 2 N–H and O–H groups in total. The zero-order chi connectivity index (χ0) is 23.2. The minimum atomic E-state index is -4.86. The molecular formula is C21H25F3N4O3. The molecule has 2 aromatic rings. The maximum absolute atomic E-state index is 12.7. The number of ether oxygens (including phenoxy) is 2. The molecule has 7 nitrogen and oxygen atoms in total. The first-order valence-corrected chi connectivity index (χ1v) is 9.43. The van der Waals surface area contributed by atoms with Crippen molar-refractivity contribution in [1.29, 1.82) is 0 Å². The molecule has 0 fully saturated rings. The Morgan fingerprint density at radius 1 is 1.29 bits per heavy atom. The fourth-order valence-electron chi connectivity index (χ4n) is 3.00. The van der Waals surface area contributed by atoms with Crippen molar-refractivity contribution in [3.8, 4) is 11.6 Å². The Hall–Kier alpha value is -3.30. The molecule has 31 heavy (non-hydrogen) atoms. The smallest absolute Gasteiger partial charge is 0.478 e. The van der Waals surface area contributed by atoms with Crippen molar-refractivity contribution in [2.45, 2.75) is 31.7 Å². The van der Waals surface area contributed by atoms with Gasteiger partial charge < -0.3 is 24.9 Å². The third-order valence-corrected chi connectivity index (χ3v) is 4.61. The fraction of sp³-hybridized carbons (Fsp3) is 0.381. The van der Waals surface area contributed by atoms with Gasteiger partial charge in [0.25, 0.3) is 0 Å². The molecule has 0 aliphatic rings. The van der Waals surface area contributed by atoms with Gasteiger partial charge in [-0.3, -0.25) is 0 Å². The van der Waals surface area contributed by atoms with E-state index in [2.05, 4.69) is 14.7 Å². The normalized spacial score (nSPS) is 15.0. The van der Waals surface area contributed by atoms with Gasteiger partial charge in [-0.15, -0.1) is 13.2 Å². The van der Waals surface area contributed by atoms with E-state index in [0.29, 0.717) is 29.9 Å². The number of aldehydes is 1. The quantitative estimate of drug-likeness (QED) is 0.386. The van der Waals surface area contributed by atoms with Crippen molar-refractivity contribution in [2.24, 2.45) is 10.7 Å². The number of alkyl halides is 3. The van der Waals surface area contributed by atoms with E-state index in [4.69, 9.17) is 10.5 Å². The lowest BCUT2D eigenvalue weighted by molar-refractivity contribution is -0.274. The minimum absolute atomic E-state index is 0.0930. The Bertz CT molecular complexity index is 917. The van der Waals surface area contributed by atoms with E-state index < -0.39 is 23.6 Å². The van der Waals surface area contributed by atoms with Crippen molar-refractivity contribution < 1.29 is 27.4 Å². The lowest BCUT2D eigenvalue weighted by Gasteiger charge is -2.33. The van der Waals surface area contributed by atoms with Crippen LogP contribution in [0.5, 0.6) is 11.6 Å². The van der Waals surface area contributed by atoms with E-state index in [9.17, 15) is 18.0 Å². The van der Waals surface area contributed by atoms with Gasteiger partial charge in [0.15, 0.2) is 5.96 Å². The number of hydrogen-bond acceptors (Lipinski definition) is 5. The molecule has 10 heteroatoms. The molecule has 0 aliphatic heterocycles. The standard InChI is InChI=1S/C21H25F3N4O3/c1-5-30-18-10-9-14(12-26-18)17(13-29)20(2,27-19(25)28(3)4)15-7-6-8-16(11-15)31-21(22,23)24/h6-13,17H,5H2,1-4H3,(H2,25,27). The van der Waals surface area contributed by atoms with Crippen LogP contribution in [-0.2, 0) is 10.3 Å². The van der Waals surface area contributed by atoms with E-state index in [0.717, 1.165) is 0 Å². The topological polar surface area (TPSA) is 90.0 Å². The summed E-state index contributed by atoms with van der Waals surface area (Å²) in [5.41, 5.74) is 5.48. The zero-order valence-electron chi connectivity index (χ0n) is 17.7. The number of rotatable bonds is 8. The Balaban J connectivity index is 2.61. The summed E-state index contributed by atoms with van der Waals surface area (Å²) < 4.78 is 47.5. The number of carbonyl (C=O) groups is 1. The van der Waals surface area contributed by atoms with Gasteiger partial charge in [-0.05, 0) is 37.1 Å². The summed E-state index contributed by atoms with van der Waals surface area (Å²) in [7, 11) is 3.33.